The molecule has 0 bridgehead atoms. The second kappa shape index (κ2) is 9.56. The van der Waals surface area contributed by atoms with Crippen molar-refractivity contribution < 1.29 is 0 Å². The molecule has 0 heteroatoms. The lowest BCUT2D eigenvalue weighted by Gasteiger charge is -2.23. The molecular formula is C49H32. The fraction of sp³-hybridized carbons (Fsp3) is 0.0612. The third kappa shape index (κ3) is 3.53. The molecule has 0 aromatic heterocycles. The molecule has 0 spiro atoms. The van der Waals surface area contributed by atoms with Gasteiger partial charge in [0.05, 0.1) is 0 Å². The van der Waals surface area contributed by atoms with Gasteiger partial charge >= 0.3 is 0 Å². The topological polar surface area (TPSA) is 0 Å². The molecule has 0 N–H and O–H groups in total. The van der Waals surface area contributed by atoms with Crippen LogP contribution in [0.3, 0.4) is 0 Å². The number of hydrogen-bond acceptors (Lipinski definition) is 0. The first-order chi connectivity index (χ1) is 24.1. The van der Waals surface area contributed by atoms with Crippen LogP contribution in [0.15, 0.2) is 158 Å². The van der Waals surface area contributed by atoms with E-state index in [0.717, 1.165) is 0 Å². The molecule has 0 aliphatic heterocycles. The van der Waals surface area contributed by atoms with Crippen LogP contribution in [0.2, 0.25) is 0 Å². The van der Waals surface area contributed by atoms with Crippen LogP contribution in [-0.2, 0) is 5.41 Å². The fourth-order valence-corrected chi connectivity index (χ4v) is 9.33. The second-order valence-electron chi connectivity index (χ2n) is 14.4. The molecule has 0 saturated carbocycles. The Morgan fingerprint density at radius 3 is 1.65 bits per heavy atom. The summed E-state index contributed by atoms with van der Waals surface area (Å²) < 4.78 is 0. The van der Waals surface area contributed by atoms with E-state index in [4.69, 9.17) is 0 Å². The molecule has 228 valence electrons. The van der Waals surface area contributed by atoms with Gasteiger partial charge in [-0.05, 0) is 128 Å². The smallest absolute Gasteiger partial charge is 0.0159 e. The van der Waals surface area contributed by atoms with E-state index in [1.807, 2.05) is 0 Å². The molecule has 0 heterocycles. The molecule has 11 rings (SSSR count). The molecule has 0 unspecified atom stereocenters. The van der Waals surface area contributed by atoms with Crippen LogP contribution in [0.25, 0.3) is 98.7 Å². The van der Waals surface area contributed by atoms with Crippen LogP contribution in [0.4, 0.5) is 0 Å². The van der Waals surface area contributed by atoms with Gasteiger partial charge in [-0.3, -0.25) is 0 Å². The van der Waals surface area contributed by atoms with Crippen LogP contribution in [0.1, 0.15) is 25.0 Å². The van der Waals surface area contributed by atoms with Gasteiger partial charge in [0, 0.05) is 5.41 Å². The highest BCUT2D eigenvalue weighted by molar-refractivity contribution is 6.29. The quantitative estimate of drug-likeness (QED) is 0.169. The van der Waals surface area contributed by atoms with Gasteiger partial charge in [-0.25, -0.2) is 0 Å². The Morgan fingerprint density at radius 1 is 0.327 bits per heavy atom. The maximum absolute atomic E-state index is 2.51. The van der Waals surface area contributed by atoms with Crippen LogP contribution in [-0.4, -0.2) is 0 Å². The van der Waals surface area contributed by atoms with Crippen molar-refractivity contribution in [3.8, 4) is 55.6 Å². The first-order valence-electron chi connectivity index (χ1n) is 17.4. The molecule has 0 nitrogen and oxygen atoms in total. The van der Waals surface area contributed by atoms with E-state index >= 15 is 0 Å². The molecule has 9 aromatic rings. The van der Waals surface area contributed by atoms with Crippen molar-refractivity contribution in [3.63, 3.8) is 0 Å². The highest BCUT2D eigenvalue weighted by Crippen LogP contribution is 2.56. The van der Waals surface area contributed by atoms with E-state index in [1.54, 1.807) is 0 Å². The van der Waals surface area contributed by atoms with Crippen LogP contribution in [0, 0.1) is 0 Å². The van der Waals surface area contributed by atoms with E-state index in [9.17, 15) is 0 Å². The SMILES string of the molecule is CC1(C)c2cc(-c3cc4ccccc4c4ccccc34)ccc2-c2ccc(-c3c4c5c(cccc5c5ccccc35)-c3ccccc3-4)cc21. The summed E-state index contributed by atoms with van der Waals surface area (Å²) in [7, 11) is 0. The Labute approximate surface area is 285 Å². The highest BCUT2D eigenvalue weighted by atomic mass is 14.4. The van der Waals surface area contributed by atoms with Gasteiger partial charge in [0.25, 0.3) is 0 Å². The van der Waals surface area contributed by atoms with E-state index in [1.165, 1.54) is 110 Å². The lowest BCUT2D eigenvalue weighted by Crippen LogP contribution is -2.15. The van der Waals surface area contributed by atoms with Crippen molar-refractivity contribution in [1.82, 2.24) is 0 Å². The highest BCUT2D eigenvalue weighted by Gasteiger charge is 2.37. The predicted octanol–water partition coefficient (Wildman–Crippen LogP) is 13.6. The number of benzene rings is 9. The summed E-state index contributed by atoms with van der Waals surface area (Å²) in [6, 6.07) is 59.3. The van der Waals surface area contributed by atoms with E-state index in [0.29, 0.717) is 0 Å². The standard InChI is InChI=1S/C49H32/c1-49(2)44-27-30(43-26-29-12-3-4-13-32(29)33-14-5-6-15-34(33)43)22-24-37(44)38-25-23-31(28-45(38)49)46-39-18-9-7-16-35(39)40-20-11-21-41-36-17-8-10-19-42(36)48(46)47(40)41/h3-28H,1-2H3. The van der Waals surface area contributed by atoms with Crippen molar-refractivity contribution in [2.24, 2.45) is 0 Å². The zero-order chi connectivity index (χ0) is 32.4. The summed E-state index contributed by atoms with van der Waals surface area (Å²) in [5.41, 5.74) is 15.9. The van der Waals surface area contributed by atoms with Gasteiger partial charge < -0.3 is 0 Å². The molecule has 9 aromatic carbocycles. The summed E-state index contributed by atoms with van der Waals surface area (Å²) in [5, 5.41) is 10.6. The summed E-state index contributed by atoms with van der Waals surface area (Å²) in [6.45, 7) is 4.82. The normalized spacial score (nSPS) is 13.7. The minimum Gasteiger partial charge on any atom is -0.0616 e. The third-order valence-electron chi connectivity index (χ3n) is 11.6. The maximum atomic E-state index is 2.51. The minimum absolute atomic E-state index is 0.153. The molecular weight excluding hydrogens is 589 g/mol. The minimum atomic E-state index is -0.153. The predicted molar refractivity (Wildman–Crippen MR) is 209 cm³/mol. The number of rotatable bonds is 2. The summed E-state index contributed by atoms with van der Waals surface area (Å²) in [4.78, 5) is 0. The molecule has 0 radical (unpaired) electrons. The van der Waals surface area contributed by atoms with E-state index < -0.39 is 0 Å². The van der Waals surface area contributed by atoms with Gasteiger partial charge in [0.15, 0.2) is 0 Å². The van der Waals surface area contributed by atoms with Gasteiger partial charge in [-0.15, -0.1) is 0 Å². The van der Waals surface area contributed by atoms with Crippen molar-refractivity contribution >= 4 is 43.1 Å². The van der Waals surface area contributed by atoms with Gasteiger partial charge in [-0.2, -0.15) is 0 Å². The van der Waals surface area contributed by atoms with Crippen molar-refractivity contribution in [2.75, 3.05) is 0 Å². The Balaban J connectivity index is 1.13. The average molecular weight is 621 g/mol. The third-order valence-corrected chi connectivity index (χ3v) is 11.6. The van der Waals surface area contributed by atoms with Gasteiger partial charge in [0.2, 0.25) is 0 Å². The van der Waals surface area contributed by atoms with Crippen LogP contribution in [0.5, 0.6) is 0 Å². The number of fused-ring (bicyclic) bond motifs is 11. The summed E-state index contributed by atoms with van der Waals surface area (Å²) in [5.74, 6) is 0. The molecule has 0 fully saturated rings. The number of hydrogen-bond donors (Lipinski definition) is 0. The summed E-state index contributed by atoms with van der Waals surface area (Å²) in [6.07, 6.45) is 0. The first-order valence-corrected chi connectivity index (χ1v) is 17.4. The fourth-order valence-electron chi connectivity index (χ4n) is 9.33. The van der Waals surface area contributed by atoms with Crippen LogP contribution < -0.4 is 0 Å². The maximum Gasteiger partial charge on any atom is 0.0159 e. The Kier molecular flexibility index (Phi) is 5.27. The monoisotopic (exact) mass is 620 g/mol. The largest absolute Gasteiger partial charge is 0.0616 e. The van der Waals surface area contributed by atoms with Gasteiger partial charge in [0.1, 0.15) is 0 Å². The second-order valence-corrected chi connectivity index (χ2v) is 14.4. The van der Waals surface area contributed by atoms with E-state index in [2.05, 4.69) is 172 Å². The lowest BCUT2D eigenvalue weighted by molar-refractivity contribution is 0.661. The van der Waals surface area contributed by atoms with Gasteiger partial charge in [-0.1, -0.05) is 153 Å². The Bertz CT molecular complexity index is 2900. The molecule has 49 heavy (non-hydrogen) atoms. The lowest BCUT2D eigenvalue weighted by atomic mass is 9.79. The van der Waals surface area contributed by atoms with Crippen molar-refractivity contribution in [1.29, 1.82) is 0 Å². The van der Waals surface area contributed by atoms with Crippen molar-refractivity contribution in [2.45, 2.75) is 19.3 Å². The molecule has 0 atom stereocenters. The molecule has 2 aliphatic rings. The zero-order valence-corrected chi connectivity index (χ0v) is 27.5. The zero-order valence-electron chi connectivity index (χ0n) is 27.5. The Hall–Kier alpha value is -5.98. The van der Waals surface area contributed by atoms with E-state index in [-0.39, 0.29) is 5.41 Å². The Morgan fingerprint density at radius 2 is 0.878 bits per heavy atom. The van der Waals surface area contributed by atoms with Crippen molar-refractivity contribution in [3.05, 3.63) is 169 Å². The molecule has 0 saturated heterocycles. The molecule has 0 amide bonds. The van der Waals surface area contributed by atoms with Crippen LogP contribution >= 0.6 is 0 Å². The molecule has 2 aliphatic carbocycles. The average Bonchev–Trinajstić information content (AvgIpc) is 3.60. The first kappa shape index (κ1) is 27.0. The summed E-state index contributed by atoms with van der Waals surface area (Å²) >= 11 is 0.